The van der Waals surface area contributed by atoms with E-state index in [1.54, 1.807) is 18.2 Å². The third-order valence-electron chi connectivity index (χ3n) is 3.83. The Kier molecular flexibility index (Phi) is 7.18. The Balaban J connectivity index is 2.11. The first kappa shape index (κ1) is 22.2. The van der Waals surface area contributed by atoms with E-state index in [1.165, 1.54) is 52.6 Å². The minimum Gasteiger partial charge on any atom is -0.495 e. The largest absolute Gasteiger partial charge is 0.495 e. The molecular formula is C19H22N2O7S. The highest BCUT2D eigenvalue weighted by atomic mass is 32.2. The number of carbonyl (C=O) groups is 2. The summed E-state index contributed by atoms with van der Waals surface area (Å²) in [5.74, 6) is -0.555. The summed E-state index contributed by atoms with van der Waals surface area (Å²) in [7, 11) is 1.66. The number of nitrogens with one attached hydrogen (secondary N) is 1. The maximum absolute atomic E-state index is 12.4. The average Bonchev–Trinajstić information content (AvgIpc) is 2.71. The lowest BCUT2D eigenvalue weighted by Crippen LogP contribution is -2.24. The van der Waals surface area contributed by atoms with Crippen LogP contribution in [0.2, 0.25) is 0 Å². The topological polar surface area (TPSA) is 111 Å². The van der Waals surface area contributed by atoms with Crippen LogP contribution in [0.1, 0.15) is 10.4 Å². The van der Waals surface area contributed by atoms with E-state index < -0.39 is 21.9 Å². The molecule has 0 aliphatic heterocycles. The van der Waals surface area contributed by atoms with Gasteiger partial charge in [0.15, 0.2) is 6.61 Å². The highest BCUT2D eigenvalue weighted by Gasteiger charge is 2.23. The third kappa shape index (κ3) is 5.46. The van der Waals surface area contributed by atoms with Crippen LogP contribution in [0.15, 0.2) is 47.4 Å². The lowest BCUT2D eigenvalue weighted by Gasteiger charge is -2.16. The summed E-state index contributed by atoms with van der Waals surface area (Å²) in [6.45, 7) is -0.341. The van der Waals surface area contributed by atoms with E-state index in [0.29, 0.717) is 11.3 Å². The summed E-state index contributed by atoms with van der Waals surface area (Å²) in [6, 6.07) is 10.5. The number of hydrogen-bond acceptors (Lipinski definition) is 7. The van der Waals surface area contributed by atoms with Gasteiger partial charge in [0.05, 0.1) is 19.8 Å². The Labute approximate surface area is 169 Å². The molecule has 1 amide bonds. The molecule has 2 aromatic carbocycles. The van der Waals surface area contributed by atoms with Crippen LogP contribution in [-0.4, -0.2) is 59.5 Å². The van der Waals surface area contributed by atoms with Crippen molar-refractivity contribution in [3.63, 3.8) is 0 Å². The molecule has 2 aromatic rings. The van der Waals surface area contributed by atoms with Crippen molar-refractivity contribution in [2.45, 2.75) is 4.90 Å². The van der Waals surface area contributed by atoms with Crippen LogP contribution in [0.25, 0.3) is 0 Å². The number of benzene rings is 2. The van der Waals surface area contributed by atoms with Gasteiger partial charge in [0.2, 0.25) is 10.0 Å². The van der Waals surface area contributed by atoms with E-state index in [2.05, 4.69) is 10.1 Å². The summed E-state index contributed by atoms with van der Waals surface area (Å²) in [6.07, 6.45) is 0. The SMILES string of the molecule is COC(=O)c1cccc(OCC(=O)Nc2ccc(OC)c(S(=O)(=O)N(C)C)c2)c1. The van der Waals surface area contributed by atoms with Gasteiger partial charge in [-0.25, -0.2) is 17.5 Å². The monoisotopic (exact) mass is 422 g/mol. The van der Waals surface area contributed by atoms with Gasteiger partial charge in [0.25, 0.3) is 5.91 Å². The number of methoxy groups -OCH3 is 2. The van der Waals surface area contributed by atoms with Gasteiger partial charge in [0.1, 0.15) is 16.4 Å². The molecule has 0 bridgehead atoms. The molecule has 0 aromatic heterocycles. The maximum atomic E-state index is 12.4. The molecular weight excluding hydrogens is 400 g/mol. The van der Waals surface area contributed by atoms with E-state index in [0.717, 1.165) is 4.31 Å². The summed E-state index contributed by atoms with van der Waals surface area (Å²) in [4.78, 5) is 23.7. The molecule has 0 aliphatic rings. The molecule has 0 aliphatic carbocycles. The molecule has 0 unspecified atom stereocenters. The third-order valence-corrected chi connectivity index (χ3v) is 5.67. The summed E-state index contributed by atoms with van der Waals surface area (Å²) in [5, 5.41) is 2.57. The Morgan fingerprint density at radius 1 is 1.07 bits per heavy atom. The first-order valence-corrected chi connectivity index (χ1v) is 9.84. The zero-order valence-corrected chi connectivity index (χ0v) is 17.3. The molecule has 0 atom stereocenters. The average molecular weight is 422 g/mol. The second kappa shape index (κ2) is 9.39. The van der Waals surface area contributed by atoms with Crippen LogP contribution >= 0.6 is 0 Å². The fourth-order valence-electron chi connectivity index (χ4n) is 2.33. The molecule has 0 saturated carbocycles. The van der Waals surface area contributed by atoms with Gasteiger partial charge in [-0.05, 0) is 36.4 Å². The van der Waals surface area contributed by atoms with Crippen molar-refractivity contribution in [1.82, 2.24) is 4.31 Å². The molecule has 156 valence electrons. The van der Waals surface area contributed by atoms with Gasteiger partial charge in [0, 0.05) is 19.8 Å². The number of carbonyl (C=O) groups excluding carboxylic acids is 2. The Morgan fingerprint density at radius 3 is 2.41 bits per heavy atom. The van der Waals surface area contributed by atoms with E-state index in [4.69, 9.17) is 9.47 Å². The van der Waals surface area contributed by atoms with Gasteiger partial charge in [-0.3, -0.25) is 4.79 Å². The number of sulfonamides is 1. The molecule has 0 radical (unpaired) electrons. The van der Waals surface area contributed by atoms with E-state index >= 15 is 0 Å². The second-order valence-corrected chi connectivity index (χ2v) is 8.13. The van der Waals surface area contributed by atoms with Crippen molar-refractivity contribution in [3.05, 3.63) is 48.0 Å². The van der Waals surface area contributed by atoms with Gasteiger partial charge < -0.3 is 19.5 Å². The van der Waals surface area contributed by atoms with Crippen LogP contribution in [0.5, 0.6) is 11.5 Å². The molecule has 2 rings (SSSR count). The zero-order valence-electron chi connectivity index (χ0n) is 16.5. The van der Waals surface area contributed by atoms with Crippen molar-refractivity contribution >= 4 is 27.6 Å². The predicted octanol–water partition coefficient (Wildman–Crippen LogP) is 1.75. The van der Waals surface area contributed by atoms with Crippen LogP contribution in [0, 0.1) is 0 Å². The summed E-state index contributed by atoms with van der Waals surface area (Å²) in [5.41, 5.74) is 0.558. The Hall–Kier alpha value is -3.11. The first-order chi connectivity index (χ1) is 13.7. The fourth-order valence-corrected chi connectivity index (χ4v) is 3.40. The normalized spacial score (nSPS) is 11.1. The van der Waals surface area contributed by atoms with Gasteiger partial charge >= 0.3 is 5.97 Å². The minimum absolute atomic E-state index is 0.0745. The van der Waals surface area contributed by atoms with Crippen molar-refractivity contribution in [3.8, 4) is 11.5 Å². The van der Waals surface area contributed by atoms with Crippen molar-refractivity contribution in [2.75, 3.05) is 40.2 Å². The number of esters is 1. The minimum atomic E-state index is -3.77. The first-order valence-electron chi connectivity index (χ1n) is 8.40. The number of ether oxygens (including phenoxy) is 3. The quantitative estimate of drug-likeness (QED) is 0.645. The second-order valence-electron chi connectivity index (χ2n) is 6.01. The highest BCUT2D eigenvalue weighted by Crippen LogP contribution is 2.28. The van der Waals surface area contributed by atoms with Crippen molar-refractivity contribution < 1.29 is 32.2 Å². The van der Waals surface area contributed by atoms with Gasteiger partial charge in [-0.2, -0.15) is 0 Å². The molecule has 0 heterocycles. The molecule has 0 saturated heterocycles. The molecule has 0 fully saturated rings. The van der Waals surface area contributed by atoms with E-state index in [-0.39, 0.29) is 22.9 Å². The number of nitrogens with zero attached hydrogens (tertiary/aromatic N) is 1. The Morgan fingerprint density at radius 2 is 1.79 bits per heavy atom. The fraction of sp³-hybridized carbons (Fsp3) is 0.263. The molecule has 1 N–H and O–H groups in total. The molecule has 0 spiro atoms. The molecule has 10 heteroatoms. The van der Waals surface area contributed by atoms with Crippen LogP contribution in [0.3, 0.4) is 0 Å². The number of hydrogen-bond donors (Lipinski definition) is 1. The summed E-state index contributed by atoms with van der Waals surface area (Å²) < 4.78 is 41.1. The number of rotatable bonds is 8. The Bertz CT molecular complexity index is 1000. The predicted molar refractivity (Wildman–Crippen MR) is 106 cm³/mol. The lowest BCUT2D eigenvalue weighted by atomic mass is 10.2. The maximum Gasteiger partial charge on any atom is 0.337 e. The van der Waals surface area contributed by atoms with Crippen LogP contribution < -0.4 is 14.8 Å². The summed E-state index contributed by atoms with van der Waals surface area (Å²) >= 11 is 0. The van der Waals surface area contributed by atoms with E-state index in [1.807, 2.05) is 0 Å². The molecule has 9 nitrogen and oxygen atoms in total. The van der Waals surface area contributed by atoms with Crippen molar-refractivity contribution in [2.24, 2.45) is 0 Å². The highest BCUT2D eigenvalue weighted by molar-refractivity contribution is 7.89. The number of anilines is 1. The van der Waals surface area contributed by atoms with Gasteiger partial charge in [-0.15, -0.1) is 0 Å². The standard InChI is InChI=1S/C19H22N2O7S/c1-21(2)29(24,25)17-11-14(8-9-16(17)26-3)20-18(22)12-28-15-7-5-6-13(10-15)19(23)27-4/h5-11H,12H2,1-4H3,(H,20,22). The zero-order chi connectivity index (χ0) is 21.6. The lowest BCUT2D eigenvalue weighted by molar-refractivity contribution is -0.118. The van der Waals surface area contributed by atoms with E-state index in [9.17, 15) is 18.0 Å². The van der Waals surface area contributed by atoms with Crippen LogP contribution in [0.4, 0.5) is 5.69 Å². The van der Waals surface area contributed by atoms with Gasteiger partial charge in [-0.1, -0.05) is 6.07 Å². The smallest absolute Gasteiger partial charge is 0.337 e. The molecule has 29 heavy (non-hydrogen) atoms. The van der Waals surface area contributed by atoms with Crippen LogP contribution in [-0.2, 0) is 19.6 Å². The number of amides is 1. The van der Waals surface area contributed by atoms with Crippen molar-refractivity contribution in [1.29, 1.82) is 0 Å².